The third kappa shape index (κ3) is 18900. The first-order valence-corrected chi connectivity index (χ1v) is 6.19. The first kappa shape index (κ1) is 24.8. The first-order chi connectivity index (χ1) is 6.83. The van der Waals surface area contributed by atoms with Gasteiger partial charge >= 0.3 is 20.8 Å². The predicted molar refractivity (Wildman–Crippen MR) is 58.3 cm³/mol. The topological polar surface area (TPSA) is 173 Å². The minimum Gasteiger partial charge on any atom is -0.323 e. The molecule has 6 N–H and O–H groups in total. The molecule has 0 aromatic heterocycles. The lowest BCUT2D eigenvalue weighted by Gasteiger charge is -1.68. The minimum atomic E-state index is -4.67. The average molecular weight is 286 g/mol. The first-order valence-electron chi connectivity index (χ1n) is 3.40. The predicted octanol–water partition coefficient (Wildman–Crippen LogP) is -1.63. The molecule has 0 spiro atoms. The maximum Gasteiger partial charge on any atom is 0.394 e. The van der Waals surface area contributed by atoms with E-state index in [-0.39, 0.29) is 0 Å². The maximum absolute atomic E-state index is 8.74. The number of hydrogen-bond acceptors (Lipinski definition) is 6. The van der Waals surface area contributed by atoms with Crippen LogP contribution in [-0.2, 0) is 20.8 Å². The molecule has 0 heterocycles. The van der Waals surface area contributed by atoms with Crippen molar-refractivity contribution in [1.29, 1.82) is 0 Å². The summed E-state index contributed by atoms with van der Waals surface area (Å²) in [5, 5.41) is 5.50. The zero-order chi connectivity index (χ0) is 14.4. The molecule has 0 saturated heterocycles. The molecular formula is C4H18N2O8S2. The van der Waals surface area contributed by atoms with Gasteiger partial charge in [0.25, 0.3) is 0 Å². The second-order valence-electron chi connectivity index (χ2n) is 1.90. The largest absolute Gasteiger partial charge is 0.394 e. The summed E-state index contributed by atoms with van der Waals surface area (Å²) in [4.78, 5) is 0. The van der Waals surface area contributed by atoms with Crippen LogP contribution in [0.2, 0.25) is 0 Å². The van der Waals surface area contributed by atoms with Crippen LogP contribution in [-0.4, -0.2) is 63.2 Å². The molecule has 0 aromatic carbocycles. The van der Waals surface area contributed by atoms with Gasteiger partial charge in [0.15, 0.2) is 0 Å². The van der Waals surface area contributed by atoms with Crippen molar-refractivity contribution in [3.05, 3.63) is 0 Å². The van der Waals surface area contributed by atoms with Gasteiger partial charge in [0.1, 0.15) is 0 Å². The van der Waals surface area contributed by atoms with Crippen LogP contribution in [0.3, 0.4) is 0 Å². The van der Waals surface area contributed by atoms with E-state index in [1.54, 1.807) is 0 Å². The third-order valence-electron chi connectivity index (χ3n) is 0. The highest BCUT2D eigenvalue weighted by Crippen LogP contribution is 1.59. The van der Waals surface area contributed by atoms with Crippen LogP contribution in [0.5, 0.6) is 0 Å². The molecule has 0 aliphatic heterocycles. The molecule has 10 nitrogen and oxygen atoms in total. The lowest BCUT2D eigenvalue weighted by Crippen LogP contribution is -1.89. The molecule has 12 heteroatoms. The van der Waals surface area contributed by atoms with Gasteiger partial charge < -0.3 is 10.6 Å². The van der Waals surface area contributed by atoms with E-state index in [4.69, 9.17) is 35.0 Å². The van der Waals surface area contributed by atoms with Crippen LogP contribution in [0.1, 0.15) is 0 Å². The van der Waals surface area contributed by atoms with Gasteiger partial charge in [-0.25, -0.2) is 0 Å². The summed E-state index contributed by atoms with van der Waals surface area (Å²) in [6.45, 7) is 0. The van der Waals surface area contributed by atoms with Crippen LogP contribution in [0.15, 0.2) is 0 Å². The molecule has 104 valence electrons. The Morgan fingerprint density at radius 2 is 0.625 bits per heavy atom. The number of rotatable bonds is 0. The van der Waals surface area contributed by atoms with Gasteiger partial charge in [-0.15, -0.1) is 0 Å². The van der Waals surface area contributed by atoms with Crippen molar-refractivity contribution in [3.63, 3.8) is 0 Å². The van der Waals surface area contributed by atoms with E-state index in [0.29, 0.717) is 0 Å². The Hall–Kier alpha value is -0.340. The quantitative estimate of drug-likeness (QED) is 0.283. The summed E-state index contributed by atoms with van der Waals surface area (Å²) in [5.74, 6) is 0. The minimum absolute atomic E-state index is 1.88. The van der Waals surface area contributed by atoms with Crippen molar-refractivity contribution < 1.29 is 35.0 Å². The van der Waals surface area contributed by atoms with Crippen molar-refractivity contribution in [2.75, 3.05) is 28.2 Å². The van der Waals surface area contributed by atoms with Crippen molar-refractivity contribution in [2.45, 2.75) is 0 Å². The van der Waals surface area contributed by atoms with E-state index >= 15 is 0 Å². The van der Waals surface area contributed by atoms with Crippen molar-refractivity contribution in [2.24, 2.45) is 0 Å². The third-order valence-corrected chi connectivity index (χ3v) is 0. The fourth-order valence-electron chi connectivity index (χ4n) is 0. The summed E-state index contributed by atoms with van der Waals surface area (Å²) in [5.41, 5.74) is 0. The van der Waals surface area contributed by atoms with Crippen LogP contribution >= 0.6 is 0 Å². The fraction of sp³-hybridized carbons (Fsp3) is 1.00. The molecule has 16 heavy (non-hydrogen) atoms. The molecule has 0 amide bonds. The monoisotopic (exact) mass is 286 g/mol. The zero-order valence-corrected chi connectivity index (χ0v) is 10.9. The fourth-order valence-corrected chi connectivity index (χ4v) is 0. The smallest absolute Gasteiger partial charge is 0.323 e. The molecule has 0 fully saturated rings. The standard InChI is InChI=1S/2C2H7N.2H2O4S/c2*1-3-2;2*1-5(2,3)4/h2*3H,1-2H3;2*(H2,1,2,3,4). The SMILES string of the molecule is CNC.CNC.O=S(=O)(O)O.O=S(=O)(O)O. The lowest BCUT2D eigenvalue weighted by molar-refractivity contribution is 0.378. The van der Waals surface area contributed by atoms with Gasteiger partial charge in [-0.1, -0.05) is 0 Å². The highest BCUT2D eigenvalue weighted by atomic mass is 32.3. The summed E-state index contributed by atoms with van der Waals surface area (Å²) >= 11 is 0. The summed E-state index contributed by atoms with van der Waals surface area (Å²) in [6, 6.07) is 0. The molecule has 0 unspecified atom stereocenters. The number of nitrogens with one attached hydrogen (secondary N) is 2. The molecule has 0 rings (SSSR count). The Morgan fingerprint density at radius 1 is 0.625 bits per heavy atom. The molecule has 0 bridgehead atoms. The Labute approximate surface area is 95.2 Å². The second kappa shape index (κ2) is 14.7. The van der Waals surface area contributed by atoms with E-state index in [0.717, 1.165) is 0 Å². The van der Waals surface area contributed by atoms with E-state index in [9.17, 15) is 0 Å². The molecule has 0 saturated carbocycles. The lowest BCUT2D eigenvalue weighted by atomic mass is 11.3. The average Bonchev–Trinajstić information content (AvgIpc) is 1.79. The Kier molecular flexibility index (Phi) is 22.7. The van der Waals surface area contributed by atoms with Crippen molar-refractivity contribution in [1.82, 2.24) is 10.6 Å². The van der Waals surface area contributed by atoms with Crippen molar-refractivity contribution >= 4 is 20.8 Å². The van der Waals surface area contributed by atoms with Gasteiger partial charge in [-0.3, -0.25) is 18.2 Å². The molecule has 0 aliphatic rings. The highest BCUT2D eigenvalue weighted by molar-refractivity contribution is 7.80. The molecule has 0 aromatic rings. The van der Waals surface area contributed by atoms with Gasteiger partial charge in [0.2, 0.25) is 0 Å². The molecule has 0 aliphatic carbocycles. The van der Waals surface area contributed by atoms with Gasteiger partial charge in [-0.05, 0) is 28.2 Å². The van der Waals surface area contributed by atoms with Gasteiger partial charge in [0, 0.05) is 0 Å². The van der Waals surface area contributed by atoms with Gasteiger partial charge in [-0.2, -0.15) is 16.8 Å². The summed E-state index contributed by atoms with van der Waals surface area (Å²) in [7, 11) is -1.83. The zero-order valence-electron chi connectivity index (χ0n) is 9.24. The Bertz CT molecular complexity index is 248. The van der Waals surface area contributed by atoms with Gasteiger partial charge in [0.05, 0.1) is 0 Å². The second-order valence-corrected chi connectivity index (χ2v) is 3.69. The van der Waals surface area contributed by atoms with E-state index in [2.05, 4.69) is 10.6 Å². The van der Waals surface area contributed by atoms with Crippen LogP contribution < -0.4 is 10.6 Å². The molecule has 0 atom stereocenters. The van der Waals surface area contributed by atoms with E-state index < -0.39 is 20.8 Å². The van der Waals surface area contributed by atoms with Crippen LogP contribution in [0.4, 0.5) is 0 Å². The number of hydrogen-bond donors (Lipinski definition) is 6. The Balaban J connectivity index is -0.0000000621. The maximum atomic E-state index is 8.74. The Morgan fingerprint density at radius 3 is 0.625 bits per heavy atom. The summed E-state index contributed by atoms with van der Waals surface area (Å²) < 4.78 is 63.2. The van der Waals surface area contributed by atoms with E-state index in [1.807, 2.05) is 28.2 Å². The van der Waals surface area contributed by atoms with Crippen molar-refractivity contribution in [3.8, 4) is 0 Å². The van der Waals surface area contributed by atoms with Crippen LogP contribution in [0.25, 0.3) is 0 Å². The van der Waals surface area contributed by atoms with Crippen LogP contribution in [0, 0.1) is 0 Å². The summed E-state index contributed by atoms with van der Waals surface area (Å²) in [6.07, 6.45) is 0. The van der Waals surface area contributed by atoms with E-state index in [1.165, 1.54) is 0 Å². The highest BCUT2D eigenvalue weighted by Gasteiger charge is 1.85. The molecule has 0 radical (unpaired) electrons. The normalized spacial score (nSPS) is 9.50. The molecular weight excluding hydrogens is 268 g/mol.